The minimum atomic E-state index is -1.87. The highest BCUT2D eigenvalue weighted by Gasteiger charge is 2.47. The summed E-state index contributed by atoms with van der Waals surface area (Å²) in [6.45, 7) is 11.5. The fourth-order valence-electron chi connectivity index (χ4n) is 8.41. The number of aromatic hydroxyl groups is 1. The van der Waals surface area contributed by atoms with E-state index in [-0.39, 0.29) is 43.8 Å². The third-order valence-electron chi connectivity index (χ3n) is 12.6. The van der Waals surface area contributed by atoms with E-state index in [1.54, 1.807) is 71.9 Å². The fraction of sp³-hybridized carbons (Fsp3) is 0.571. The van der Waals surface area contributed by atoms with E-state index in [1.807, 2.05) is 0 Å². The predicted octanol–water partition coefficient (Wildman–Crippen LogP) is -0.332. The Labute approximate surface area is 408 Å². The lowest BCUT2D eigenvalue weighted by molar-refractivity contribution is -0.168. The van der Waals surface area contributed by atoms with Crippen LogP contribution in [-0.4, -0.2) is 146 Å². The number of cyclic esters (lactones) is 1. The topological polar surface area (TPSA) is 316 Å². The van der Waals surface area contributed by atoms with E-state index in [4.69, 9.17) is 10.5 Å². The lowest BCUT2D eigenvalue weighted by Crippen LogP contribution is -2.66. The number of ether oxygens (including phenoxy) is 1. The lowest BCUT2D eigenvalue weighted by atomic mass is 9.91. The molecule has 10 N–H and O–H groups in total. The van der Waals surface area contributed by atoms with Crippen LogP contribution >= 0.6 is 0 Å². The molecular weight excluding hydrogens is 909 g/mol. The van der Waals surface area contributed by atoms with Crippen LogP contribution < -0.4 is 32.3 Å². The van der Waals surface area contributed by atoms with Gasteiger partial charge in [0.2, 0.25) is 47.3 Å². The molecule has 0 aromatic heterocycles. The molecule has 0 spiro atoms. The number of amides is 8. The largest absolute Gasteiger partial charge is 0.508 e. The van der Waals surface area contributed by atoms with Crippen LogP contribution in [0.5, 0.6) is 5.75 Å². The van der Waals surface area contributed by atoms with Crippen molar-refractivity contribution in [3.8, 4) is 5.75 Å². The van der Waals surface area contributed by atoms with Crippen LogP contribution in [0.2, 0.25) is 0 Å². The van der Waals surface area contributed by atoms with Gasteiger partial charge in [0.1, 0.15) is 66.5 Å². The summed E-state index contributed by atoms with van der Waals surface area (Å²) in [6, 6.07) is 4.02. The van der Waals surface area contributed by atoms with Crippen molar-refractivity contribution < 1.29 is 63.2 Å². The van der Waals surface area contributed by atoms with Crippen molar-refractivity contribution >= 4 is 53.2 Å². The van der Waals surface area contributed by atoms with Crippen molar-refractivity contribution in [3.05, 3.63) is 65.7 Å². The first-order valence-corrected chi connectivity index (χ1v) is 23.7. The Morgan fingerprint density at radius 3 is 2.07 bits per heavy atom. The average molecular weight is 979 g/mol. The number of likely N-dealkylation sites (N-methyl/N-ethyl adjacent to an activating group) is 1. The first-order valence-electron chi connectivity index (χ1n) is 23.7. The number of aliphatic hydroxyl groups is 2. The number of primary amides is 1. The number of nitrogens with zero attached hydrogens (tertiary/aromatic N) is 2. The number of nitrogens with one attached hydrogen (secondary N) is 5. The zero-order chi connectivity index (χ0) is 52.1. The summed E-state index contributed by atoms with van der Waals surface area (Å²) in [5, 5.41) is 44.5. The van der Waals surface area contributed by atoms with Crippen molar-refractivity contribution in [1.82, 2.24) is 36.4 Å². The molecule has 3 unspecified atom stereocenters. The van der Waals surface area contributed by atoms with Gasteiger partial charge in [-0.05, 0) is 67.2 Å². The second-order valence-corrected chi connectivity index (χ2v) is 19.0. The van der Waals surface area contributed by atoms with Crippen LogP contribution in [0.4, 0.5) is 0 Å². The SMILES string of the molecule is CC[C@H](C)[C@H]1C(=O)N(C)C(Cc2ccccc2)C(=O)NC(C(C)C)C(=O)O[C@H](C)C(NC(=O)[C@H](CC(N)=O)NC(=O)[C@@H](O)Cc2ccc(O)cc2)C(=O)N[C@@H](CC(C)C)C(=O)N[C@H]2CC[C@@H](O)N1C2=O. The van der Waals surface area contributed by atoms with Crippen molar-refractivity contribution in [2.24, 2.45) is 23.5 Å². The first kappa shape index (κ1) is 56.0. The van der Waals surface area contributed by atoms with Gasteiger partial charge in [-0.1, -0.05) is 90.4 Å². The van der Waals surface area contributed by atoms with Crippen LogP contribution in [-0.2, 0) is 60.7 Å². The third kappa shape index (κ3) is 14.9. The Morgan fingerprint density at radius 1 is 0.843 bits per heavy atom. The summed E-state index contributed by atoms with van der Waals surface area (Å²) < 4.78 is 5.84. The molecule has 2 fully saturated rings. The van der Waals surface area contributed by atoms with Gasteiger partial charge in [-0.25, -0.2) is 4.79 Å². The summed E-state index contributed by atoms with van der Waals surface area (Å²) in [6.07, 6.45) is -5.66. The number of hydrogen-bond donors (Lipinski definition) is 9. The molecule has 70 heavy (non-hydrogen) atoms. The van der Waals surface area contributed by atoms with Gasteiger partial charge in [-0.15, -0.1) is 0 Å². The van der Waals surface area contributed by atoms with E-state index in [0.29, 0.717) is 17.5 Å². The Morgan fingerprint density at radius 2 is 1.49 bits per heavy atom. The molecule has 2 aromatic rings. The number of esters is 1. The van der Waals surface area contributed by atoms with E-state index in [9.17, 15) is 58.5 Å². The molecule has 2 aromatic carbocycles. The van der Waals surface area contributed by atoms with E-state index in [1.165, 1.54) is 43.1 Å². The fourth-order valence-corrected chi connectivity index (χ4v) is 8.41. The number of piperidine rings is 1. The van der Waals surface area contributed by atoms with E-state index < -0.39 is 132 Å². The van der Waals surface area contributed by atoms with Crippen molar-refractivity contribution in [3.63, 3.8) is 0 Å². The van der Waals surface area contributed by atoms with Crippen molar-refractivity contribution in [2.75, 3.05) is 7.05 Å². The second kappa shape index (κ2) is 25.3. The molecule has 2 saturated heterocycles. The Hall–Kier alpha value is -6.61. The highest BCUT2D eigenvalue weighted by molar-refractivity contribution is 5.99. The van der Waals surface area contributed by atoms with Gasteiger partial charge in [0.05, 0.1) is 6.42 Å². The lowest BCUT2D eigenvalue weighted by Gasteiger charge is -2.44. The summed E-state index contributed by atoms with van der Waals surface area (Å²) >= 11 is 0. The highest BCUT2D eigenvalue weighted by atomic mass is 16.5. The van der Waals surface area contributed by atoms with E-state index in [0.717, 1.165) is 4.90 Å². The molecule has 2 heterocycles. The minimum Gasteiger partial charge on any atom is -0.508 e. The number of rotatable bonds is 15. The van der Waals surface area contributed by atoms with E-state index >= 15 is 0 Å². The number of aliphatic hydroxyl groups excluding tert-OH is 2. The van der Waals surface area contributed by atoms with Gasteiger partial charge in [0.25, 0.3) is 0 Å². The number of phenolic OH excluding ortho intramolecular Hbond substituents is 1. The number of hydrogen-bond acceptors (Lipinski definition) is 13. The standard InChI is InChI=1S/C49H70N8O13/c1-9-27(6)41-48(68)56(8)35(22-29-13-11-10-12-14-29)44(64)54-39(26(4)5)49(69)70-28(7)40(46(66)53-33(21-25(2)3)42(62)51-32-19-20-38(61)57(41)47(32)67)55-43(63)34(24-37(50)60)52-45(65)36(59)23-30-15-17-31(58)18-16-30/h10-18,25-28,32-36,38-41,58-59,61H,9,19-24H2,1-8H3,(H2,50,60)(H,51,62)(H,52,65)(H,53,66)(H,54,64)(H,55,63)/t27-,28+,32-,33-,34-,35?,36-,38+,39?,40?,41-/m0/s1. The van der Waals surface area contributed by atoms with Crippen molar-refractivity contribution in [1.29, 1.82) is 0 Å². The van der Waals surface area contributed by atoms with Gasteiger partial charge in [-0.2, -0.15) is 0 Å². The molecule has 21 nitrogen and oxygen atoms in total. The molecule has 8 amide bonds. The molecule has 11 atom stereocenters. The van der Waals surface area contributed by atoms with Crippen LogP contribution in [0.25, 0.3) is 0 Å². The number of carbonyl (C=O) groups is 9. The first-order chi connectivity index (χ1) is 32.9. The highest BCUT2D eigenvalue weighted by Crippen LogP contribution is 2.28. The Bertz CT molecular complexity index is 2190. The number of carbonyl (C=O) groups excluding carboxylic acids is 9. The van der Waals surface area contributed by atoms with E-state index in [2.05, 4.69) is 26.6 Å². The molecule has 2 aliphatic heterocycles. The molecule has 0 saturated carbocycles. The monoisotopic (exact) mass is 979 g/mol. The molecule has 384 valence electrons. The molecule has 4 rings (SSSR count). The molecule has 2 bridgehead atoms. The zero-order valence-corrected chi connectivity index (χ0v) is 41.0. The minimum absolute atomic E-state index is 0.0119. The summed E-state index contributed by atoms with van der Waals surface area (Å²) in [7, 11) is 1.39. The maximum atomic E-state index is 14.8. The Balaban J connectivity index is 1.81. The van der Waals surface area contributed by atoms with Crippen LogP contribution in [0, 0.1) is 17.8 Å². The summed E-state index contributed by atoms with van der Waals surface area (Å²) in [4.78, 5) is 129. The van der Waals surface area contributed by atoms with Crippen molar-refractivity contribution in [2.45, 2.75) is 154 Å². The molecule has 2 aliphatic rings. The average Bonchev–Trinajstić information content (AvgIpc) is 3.30. The van der Waals surface area contributed by atoms with Gasteiger partial charge in [-0.3, -0.25) is 38.4 Å². The molecular formula is C49H70N8O13. The second-order valence-electron chi connectivity index (χ2n) is 19.0. The van der Waals surface area contributed by atoms with Gasteiger partial charge >= 0.3 is 5.97 Å². The summed E-state index contributed by atoms with van der Waals surface area (Å²) in [5.74, 6) is -10.1. The number of nitrogens with two attached hydrogens (primary N) is 1. The maximum absolute atomic E-state index is 14.8. The van der Waals surface area contributed by atoms with Crippen LogP contribution in [0.15, 0.2) is 54.6 Å². The van der Waals surface area contributed by atoms with Crippen LogP contribution in [0.1, 0.15) is 91.7 Å². The number of phenols is 1. The van der Waals surface area contributed by atoms with Crippen LogP contribution in [0.3, 0.4) is 0 Å². The van der Waals surface area contributed by atoms with Gasteiger partial charge in [0, 0.05) is 19.9 Å². The number of benzene rings is 2. The number of fused-ring (bicyclic) bond motifs is 2. The Kier molecular flexibility index (Phi) is 20.2. The molecule has 0 aliphatic carbocycles. The third-order valence-corrected chi connectivity index (χ3v) is 12.6. The maximum Gasteiger partial charge on any atom is 0.329 e. The quantitative estimate of drug-likeness (QED) is 0.103. The van der Waals surface area contributed by atoms with Gasteiger partial charge < -0.3 is 62.2 Å². The zero-order valence-electron chi connectivity index (χ0n) is 41.0. The normalized spacial score (nSPS) is 25.5. The smallest absolute Gasteiger partial charge is 0.329 e. The molecule has 21 heteroatoms. The summed E-state index contributed by atoms with van der Waals surface area (Å²) in [5.41, 5.74) is 6.55. The van der Waals surface area contributed by atoms with Gasteiger partial charge in [0.15, 0.2) is 0 Å². The molecule has 0 radical (unpaired) electrons. The predicted molar refractivity (Wildman–Crippen MR) is 253 cm³/mol.